The van der Waals surface area contributed by atoms with E-state index in [0.717, 1.165) is 22.4 Å². The molecular formula is C30H29N5O6. The van der Waals surface area contributed by atoms with Crippen LogP contribution < -0.4 is 21.1 Å². The van der Waals surface area contributed by atoms with Crippen LogP contribution in [0.4, 0.5) is 5.69 Å². The zero-order valence-corrected chi connectivity index (χ0v) is 23.0. The summed E-state index contributed by atoms with van der Waals surface area (Å²) in [6, 6.07) is 12.3. The van der Waals surface area contributed by atoms with Crippen molar-refractivity contribution in [2.75, 3.05) is 12.4 Å². The number of ether oxygens (including phenoxy) is 2. The number of hydrogen-bond donors (Lipinski definition) is 3. The Morgan fingerprint density at radius 1 is 1.12 bits per heavy atom. The molecule has 1 spiro atoms. The summed E-state index contributed by atoms with van der Waals surface area (Å²) in [5.74, 6) is 0.431. The van der Waals surface area contributed by atoms with Gasteiger partial charge in [0.15, 0.2) is 23.4 Å². The quantitative estimate of drug-likeness (QED) is 0.312. The number of nitrogens with one attached hydrogen (secondary N) is 2. The minimum absolute atomic E-state index is 0.00748. The van der Waals surface area contributed by atoms with E-state index in [1.54, 1.807) is 0 Å². The van der Waals surface area contributed by atoms with Crippen LogP contribution in [-0.2, 0) is 21.4 Å². The van der Waals surface area contributed by atoms with Gasteiger partial charge in [-0.05, 0) is 35.1 Å². The SMILES string of the molecule is COC(=O)c1coc(-c2nc3oc2[C@@]24c5ccccc5N[C@@H]2Oc2ccc(cc24)CC(N)C(=O)NC3C(C)(C)C)n1. The molecule has 3 aliphatic heterocycles. The number of aromatic nitrogens is 2. The van der Waals surface area contributed by atoms with Crippen molar-refractivity contribution in [3.63, 3.8) is 0 Å². The molecule has 4 atom stereocenters. The zero-order chi connectivity index (χ0) is 28.7. The van der Waals surface area contributed by atoms with Crippen LogP contribution >= 0.6 is 0 Å². The molecule has 4 aromatic rings. The maximum absolute atomic E-state index is 13.3. The second-order valence-corrected chi connectivity index (χ2v) is 11.7. The minimum Gasteiger partial charge on any atom is -0.469 e. The maximum atomic E-state index is 13.3. The Hall–Kier alpha value is -4.64. The first kappa shape index (κ1) is 25.3. The standard InChI is InChI=1S/C30H29N5O6/c1-29(2,3)22-26-34-21(25-32-19(13-39-25)27(37)38-4)23(41-26)30-15-7-5-6-8-18(15)33-28(30)40-20-10-9-14(11-16(20)30)12-17(31)24(36)35-22/h5-11,13,17,22,28,33H,12,31H2,1-4H3,(H,35,36)/t17?,22?,28-,30+/m1/s1. The Morgan fingerprint density at radius 3 is 2.71 bits per heavy atom. The second-order valence-electron chi connectivity index (χ2n) is 11.7. The van der Waals surface area contributed by atoms with Crippen molar-refractivity contribution in [2.24, 2.45) is 11.1 Å². The monoisotopic (exact) mass is 555 g/mol. The largest absolute Gasteiger partial charge is 0.469 e. The Balaban J connectivity index is 1.57. The number of para-hydroxylation sites is 1. The molecule has 41 heavy (non-hydrogen) atoms. The molecule has 0 radical (unpaired) electrons. The number of nitrogens with zero attached hydrogens (tertiary/aromatic N) is 2. The topological polar surface area (TPSA) is 155 Å². The molecule has 1 amide bonds. The van der Waals surface area contributed by atoms with E-state index in [1.165, 1.54) is 13.4 Å². The van der Waals surface area contributed by atoms with E-state index in [4.69, 9.17) is 29.0 Å². The van der Waals surface area contributed by atoms with Crippen molar-refractivity contribution >= 4 is 17.6 Å². The number of fused-ring (bicyclic) bond motifs is 4. The summed E-state index contributed by atoms with van der Waals surface area (Å²) >= 11 is 0. The van der Waals surface area contributed by atoms with E-state index in [0.29, 0.717) is 17.9 Å². The van der Waals surface area contributed by atoms with Crippen LogP contribution in [0.1, 0.15) is 65.6 Å². The molecule has 0 aliphatic carbocycles. The Morgan fingerprint density at radius 2 is 1.93 bits per heavy atom. The number of carbonyl (C=O) groups excluding carboxylic acids is 2. The molecule has 3 aliphatic rings. The number of hydrogen-bond acceptors (Lipinski definition) is 10. The van der Waals surface area contributed by atoms with Crippen LogP contribution in [0.15, 0.2) is 57.6 Å². The van der Waals surface area contributed by atoms with E-state index in [2.05, 4.69) is 15.6 Å². The van der Waals surface area contributed by atoms with Gasteiger partial charge in [-0.1, -0.05) is 51.1 Å². The number of anilines is 1. The number of esters is 1. The van der Waals surface area contributed by atoms with Gasteiger partial charge in [-0.15, -0.1) is 0 Å². The summed E-state index contributed by atoms with van der Waals surface area (Å²) < 4.78 is 23.9. The van der Waals surface area contributed by atoms with Gasteiger partial charge in [-0.2, -0.15) is 0 Å². The summed E-state index contributed by atoms with van der Waals surface area (Å²) in [5.41, 5.74) is 8.69. The van der Waals surface area contributed by atoms with Crippen molar-refractivity contribution in [3.05, 3.63) is 82.8 Å². The van der Waals surface area contributed by atoms with Gasteiger partial charge in [0.2, 0.25) is 17.7 Å². The van der Waals surface area contributed by atoms with E-state index in [1.807, 2.05) is 63.2 Å². The molecular weight excluding hydrogens is 526 g/mol. The molecule has 7 rings (SSSR count). The maximum Gasteiger partial charge on any atom is 0.360 e. The number of carbonyl (C=O) groups is 2. The normalized spacial score (nSPS) is 24.2. The van der Waals surface area contributed by atoms with Crippen LogP contribution in [0, 0.1) is 5.41 Å². The van der Waals surface area contributed by atoms with Gasteiger partial charge < -0.3 is 34.7 Å². The summed E-state index contributed by atoms with van der Waals surface area (Å²) in [7, 11) is 1.27. The highest BCUT2D eigenvalue weighted by Crippen LogP contribution is 2.59. The lowest BCUT2D eigenvalue weighted by molar-refractivity contribution is -0.124. The molecule has 2 aromatic heterocycles. The third-order valence-corrected chi connectivity index (χ3v) is 8.04. The van der Waals surface area contributed by atoms with E-state index in [-0.39, 0.29) is 29.1 Å². The zero-order valence-electron chi connectivity index (χ0n) is 23.0. The first-order chi connectivity index (χ1) is 19.6. The fourth-order valence-electron chi connectivity index (χ4n) is 6.05. The lowest BCUT2D eigenvalue weighted by Crippen LogP contribution is -2.46. The van der Waals surface area contributed by atoms with Gasteiger partial charge >= 0.3 is 5.97 Å². The molecule has 5 heterocycles. The highest BCUT2D eigenvalue weighted by atomic mass is 16.5. The fraction of sp³-hybridized carbons (Fsp3) is 0.333. The molecule has 11 nitrogen and oxygen atoms in total. The van der Waals surface area contributed by atoms with Gasteiger partial charge in [0.05, 0.1) is 13.2 Å². The van der Waals surface area contributed by atoms with E-state index >= 15 is 0 Å². The number of benzene rings is 2. The molecule has 11 heteroatoms. The Kier molecular flexibility index (Phi) is 5.36. The first-order valence-electron chi connectivity index (χ1n) is 13.4. The Labute approximate surface area is 235 Å². The van der Waals surface area contributed by atoms with Crippen LogP contribution in [-0.4, -0.2) is 41.2 Å². The van der Waals surface area contributed by atoms with Crippen LogP contribution in [0.3, 0.4) is 0 Å². The van der Waals surface area contributed by atoms with Crippen LogP contribution in [0.25, 0.3) is 11.6 Å². The number of rotatable bonds is 2. The number of oxazole rings is 2. The van der Waals surface area contributed by atoms with Crippen molar-refractivity contribution in [1.29, 1.82) is 0 Å². The molecule has 210 valence electrons. The summed E-state index contributed by atoms with van der Waals surface area (Å²) in [6.07, 6.45) is 0.967. The van der Waals surface area contributed by atoms with Crippen molar-refractivity contribution in [1.82, 2.24) is 15.3 Å². The molecule has 0 saturated carbocycles. The minimum atomic E-state index is -1.00. The second kappa shape index (κ2) is 8.68. The smallest absolute Gasteiger partial charge is 0.360 e. The molecule has 2 unspecified atom stereocenters. The van der Waals surface area contributed by atoms with Crippen LogP contribution in [0.5, 0.6) is 5.75 Å². The van der Waals surface area contributed by atoms with E-state index in [9.17, 15) is 9.59 Å². The van der Waals surface area contributed by atoms with Gasteiger partial charge in [0.25, 0.3) is 0 Å². The average Bonchev–Trinajstić information content (AvgIpc) is 3.70. The fourth-order valence-corrected chi connectivity index (χ4v) is 6.05. The van der Waals surface area contributed by atoms with Crippen molar-refractivity contribution in [3.8, 4) is 17.3 Å². The first-order valence-corrected chi connectivity index (χ1v) is 13.4. The predicted molar refractivity (Wildman–Crippen MR) is 146 cm³/mol. The number of methoxy groups -OCH3 is 1. The predicted octanol–water partition coefficient (Wildman–Crippen LogP) is 3.68. The highest BCUT2D eigenvalue weighted by Gasteiger charge is 2.61. The third-order valence-electron chi connectivity index (χ3n) is 8.04. The number of amides is 1. The summed E-state index contributed by atoms with van der Waals surface area (Å²) in [4.78, 5) is 34.9. The lowest BCUT2D eigenvalue weighted by atomic mass is 9.72. The summed E-state index contributed by atoms with van der Waals surface area (Å²) in [5, 5.41) is 6.58. The molecule has 4 N–H and O–H groups in total. The molecule has 0 fully saturated rings. The van der Waals surface area contributed by atoms with Crippen molar-refractivity contribution in [2.45, 2.75) is 50.9 Å². The third kappa shape index (κ3) is 3.61. The van der Waals surface area contributed by atoms with Gasteiger partial charge in [-0.3, -0.25) is 4.79 Å². The van der Waals surface area contributed by atoms with Crippen LogP contribution in [0.2, 0.25) is 0 Å². The summed E-state index contributed by atoms with van der Waals surface area (Å²) in [6.45, 7) is 5.94. The Bertz CT molecular complexity index is 1720. The van der Waals surface area contributed by atoms with Gasteiger partial charge in [0, 0.05) is 11.3 Å². The molecule has 4 bridgehead atoms. The van der Waals surface area contributed by atoms with Gasteiger partial charge in [0.1, 0.15) is 23.5 Å². The molecule has 2 aromatic carbocycles. The lowest BCUT2D eigenvalue weighted by Gasteiger charge is -2.31. The highest BCUT2D eigenvalue weighted by molar-refractivity contribution is 5.87. The number of nitrogens with two attached hydrogens (primary N) is 1. The van der Waals surface area contributed by atoms with Gasteiger partial charge in [-0.25, -0.2) is 14.8 Å². The molecule has 0 saturated heterocycles. The average molecular weight is 556 g/mol. The van der Waals surface area contributed by atoms with Crippen molar-refractivity contribution < 1.29 is 27.9 Å². The van der Waals surface area contributed by atoms with E-state index < -0.39 is 35.1 Å².